The fourth-order valence-corrected chi connectivity index (χ4v) is 3.53. The van der Waals surface area contributed by atoms with E-state index in [-0.39, 0.29) is 18.9 Å². The Morgan fingerprint density at radius 1 is 1.11 bits per heavy atom. The number of aliphatic carboxylic acids is 1. The number of alkyl halides is 3. The summed E-state index contributed by atoms with van der Waals surface area (Å²) in [6.07, 6.45) is 1.99. The van der Waals surface area contributed by atoms with E-state index < -0.39 is 22.5 Å². The molecule has 0 spiro atoms. The topological polar surface area (TPSA) is 120 Å². The summed E-state index contributed by atoms with van der Waals surface area (Å²) in [6, 6.07) is 7.89. The average Bonchev–Trinajstić information content (AvgIpc) is 3.16. The van der Waals surface area contributed by atoms with Crippen molar-refractivity contribution < 1.29 is 33.7 Å². The molecule has 0 saturated heterocycles. The van der Waals surface area contributed by atoms with Gasteiger partial charge in [-0.15, -0.1) is 0 Å². The number of carbonyl (C=O) groups is 3. The van der Waals surface area contributed by atoms with Gasteiger partial charge in [-0.25, -0.2) is 14.7 Å². The maximum absolute atomic E-state index is 13.1. The Balaban J connectivity index is 2.05. The fraction of sp³-hybridized carbons (Fsp3) is 0.304. The second kappa shape index (κ2) is 11.8. The number of carboxylic acid groups (broad SMARTS) is 1. The standard InChI is InChI=1S/C23H22Cl3N3O7/c1-14(30)18-11-28(12-21(31)32)19-5-3-15(9-17(18)19)29(22(33)36-13-23(24,25)26)16-4-6-20(27-10-16)35-8-7-34-2/h3-6,9-11H,7-8,12-13H2,1-2H3,(H,31,32). The molecule has 192 valence electrons. The van der Waals surface area contributed by atoms with E-state index in [0.717, 1.165) is 0 Å². The molecule has 1 aromatic carbocycles. The first kappa shape index (κ1) is 27.5. The first-order valence-electron chi connectivity index (χ1n) is 10.5. The third-order valence-corrected chi connectivity index (χ3v) is 5.19. The lowest BCUT2D eigenvalue weighted by molar-refractivity contribution is -0.137. The molecule has 0 saturated carbocycles. The molecule has 3 aromatic rings. The van der Waals surface area contributed by atoms with Gasteiger partial charge in [-0.1, -0.05) is 34.8 Å². The van der Waals surface area contributed by atoms with Crippen molar-refractivity contribution in [3.05, 3.63) is 48.3 Å². The largest absolute Gasteiger partial charge is 0.480 e. The smallest absolute Gasteiger partial charge is 0.419 e. The second-order valence-electron chi connectivity index (χ2n) is 7.52. The molecule has 0 aliphatic heterocycles. The van der Waals surface area contributed by atoms with E-state index in [9.17, 15) is 19.5 Å². The number of amides is 1. The molecule has 36 heavy (non-hydrogen) atoms. The van der Waals surface area contributed by atoms with Crippen molar-refractivity contribution in [3.8, 4) is 5.88 Å². The van der Waals surface area contributed by atoms with Crippen LogP contribution >= 0.6 is 34.8 Å². The summed E-state index contributed by atoms with van der Waals surface area (Å²) >= 11 is 17.2. The predicted molar refractivity (Wildman–Crippen MR) is 135 cm³/mol. The van der Waals surface area contributed by atoms with Crippen molar-refractivity contribution in [2.24, 2.45) is 0 Å². The van der Waals surface area contributed by atoms with Crippen LogP contribution in [0.2, 0.25) is 0 Å². The number of benzene rings is 1. The predicted octanol–water partition coefficient (Wildman–Crippen LogP) is 4.99. The number of hydrogen-bond acceptors (Lipinski definition) is 7. The summed E-state index contributed by atoms with van der Waals surface area (Å²) in [5.41, 5.74) is 1.41. The number of ketones is 1. The molecule has 1 amide bonds. The number of pyridine rings is 1. The highest BCUT2D eigenvalue weighted by Crippen LogP contribution is 2.33. The van der Waals surface area contributed by atoms with Gasteiger partial charge >= 0.3 is 12.1 Å². The molecule has 0 radical (unpaired) electrons. The maximum Gasteiger partial charge on any atom is 0.419 e. The van der Waals surface area contributed by atoms with E-state index in [1.165, 1.54) is 28.8 Å². The molecule has 3 rings (SSSR count). The van der Waals surface area contributed by atoms with Crippen LogP contribution in [0.15, 0.2) is 42.7 Å². The van der Waals surface area contributed by atoms with Gasteiger partial charge < -0.3 is 23.9 Å². The maximum atomic E-state index is 13.1. The van der Waals surface area contributed by atoms with Crippen LogP contribution in [0.3, 0.4) is 0 Å². The van der Waals surface area contributed by atoms with Crippen LogP contribution in [-0.4, -0.2) is 63.2 Å². The quantitative estimate of drug-likeness (QED) is 0.210. The SMILES string of the molecule is COCCOc1ccc(N(C(=O)OCC(Cl)(Cl)Cl)c2ccc3c(c2)c(C(C)=O)cn3CC(=O)O)cn1. The number of hydrogen-bond donors (Lipinski definition) is 1. The number of ether oxygens (including phenoxy) is 3. The third kappa shape index (κ3) is 7.01. The zero-order valence-corrected chi connectivity index (χ0v) is 21.5. The van der Waals surface area contributed by atoms with Gasteiger partial charge in [0.15, 0.2) is 5.78 Å². The summed E-state index contributed by atoms with van der Waals surface area (Å²) in [5, 5.41) is 9.67. The number of methoxy groups -OCH3 is 1. The van der Waals surface area contributed by atoms with Gasteiger partial charge in [-0.2, -0.15) is 0 Å². The number of halogens is 3. The third-order valence-electron chi connectivity index (χ3n) is 4.87. The van der Waals surface area contributed by atoms with E-state index in [1.807, 2.05) is 0 Å². The van der Waals surface area contributed by atoms with Crippen LogP contribution in [0.25, 0.3) is 10.9 Å². The van der Waals surface area contributed by atoms with Crippen molar-refractivity contribution in [1.82, 2.24) is 9.55 Å². The van der Waals surface area contributed by atoms with E-state index in [1.54, 1.807) is 37.4 Å². The number of Topliss-reactive ketones (excluding diaryl/α,β-unsaturated/α-hetero) is 1. The van der Waals surface area contributed by atoms with Crippen molar-refractivity contribution in [2.75, 3.05) is 31.8 Å². The lowest BCUT2D eigenvalue weighted by Gasteiger charge is -2.23. The minimum absolute atomic E-state index is 0.272. The Labute approximate surface area is 221 Å². The fourth-order valence-electron chi connectivity index (χ4n) is 3.37. The van der Waals surface area contributed by atoms with E-state index in [0.29, 0.717) is 40.3 Å². The number of rotatable bonds is 10. The summed E-state index contributed by atoms with van der Waals surface area (Å²) in [5.74, 6) is -1.03. The molecular weight excluding hydrogens is 537 g/mol. The molecule has 2 aromatic heterocycles. The Morgan fingerprint density at radius 2 is 1.83 bits per heavy atom. The lowest BCUT2D eigenvalue weighted by Crippen LogP contribution is -2.30. The highest BCUT2D eigenvalue weighted by Gasteiger charge is 2.27. The van der Waals surface area contributed by atoms with Crippen LogP contribution in [0.4, 0.5) is 16.2 Å². The Bertz CT molecular complexity index is 1260. The summed E-state index contributed by atoms with van der Waals surface area (Å²) < 4.78 is 15.2. The molecule has 0 unspecified atom stereocenters. The van der Waals surface area contributed by atoms with Gasteiger partial charge in [0.25, 0.3) is 0 Å². The van der Waals surface area contributed by atoms with Crippen LogP contribution in [0, 0.1) is 0 Å². The van der Waals surface area contributed by atoms with Crippen molar-refractivity contribution in [1.29, 1.82) is 0 Å². The number of anilines is 2. The van der Waals surface area contributed by atoms with Crippen LogP contribution in [0.1, 0.15) is 17.3 Å². The van der Waals surface area contributed by atoms with Crippen molar-refractivity contribution in [2.45, 2.75) is 17.3 Å². The van der Waals surface area contributed by atoms with Crippen LogP contribution in [0.5, 0.6) is 5.88 Å². The van der Waals surface area contributed by atoms with Gasteiger partial charge in [0, 0.05) is 35.8 Å². The van der Waals surface area contributed by atoms with Gasteiger partial charge in [0.05, 0.1) is 24.2 Å². The van der Waals surface area contributed by atoms with Gasteiger partial charge in [0.1, 0.15) is 19.8 Å². The summed E-state index contributed by atoms with van der Waals surface area (Å²) in [6.45, 7) is 1.17. The molecule has 0 aliphatic rings. The zero-order chi connectivity index (χ0) is 26.5. The number of fused-ring (bicyclic) bond motifs is 1. The molecule has 0 atom stereocenters. The van der Waals surface area contributed by atoms with E-state index >= 15 is 0 Å². The van der Waals surface area contributed by atoms with Gasteiger partial charge in [0.2, 0.25) is 9.67 Å². The first-order chi connectivity index (χ1) is 17.0. The monoisotopic (exact) mass is 557 g/mol. The average molecular weight is 559 g/mol. The van der Waals surface area contributed by atoms with E-state index in [4.69, 9.17) is 49.0 Å². The Hall–Kier alpha value is -3.05. The molecule has 0 aliphatic carbocycles. The molecule has 1 N–H and O–H groups in total. The number of aromatic nitrogens is 2. The second-order valence-corrected chi connectivity index (χ2v) is 10.0. The van der Waals surface area contributed by atoms with Crippen LogP contribution in [-0.2, 0) is 20.8 Å². The normalized spacial score (nSPS) is 11.4. The minimum atomic E-state index is -1.83. The van der Waals surface area contributed by atoms with Crippen molar-refractivity contribution >= 4 is 74.9 Å². The Kier molecular flexibility index (Phi) is 9.02. The highest BCUT2D eigenvalue weighted by atomic mass is 35.6. The minimum Gasteiger partial charge on any atom is -0.480 e. The number of carbonyl (C=O) groups excluding carboxylic acids is 2. The van der Waals surface area contributed by atoms with Crippen molar-refractivity contribution in [3.63, 3.8) is 0 Å². The molecule has 13 heteroatoms. The number of carboxylic acids is 1. The lowest BCUT2D eigenvalue weighted by atomic mass is 10.1. The van der Waals surface area contributed by atoms with E-state index in [2.05, 4.69) is 4.98 Å². The Morgan fingerprint density at radius 3 is 2.42 bits per heavy atom. The summed E-state index contributed by atoms with van der Waals surface area (Å²) in [7, 11) is 1.55. The first-order valence-corrected chi connectivity index (χ1v) is 11.6. The molecule has 0 bridgehead atoms. The van der Waals surface area contributed by atoms with Gasteiger partial charge in [-0.3, -0.25) is 9.59 Å². The van der Waals surface area contributed by atoms with Crippen LogP contribution < -0.4 is 9.64 Å². The molecule has 2 heterocycles. The molecule has 0 fully saturated rings. The molecule has 10 nitrogen and oxygen atoms in total. The number of nitrogens with zero attached hydrogens (tertiary/aromatic N) is 3. The highest BCUT2D eigenvalue weighted by molar-refractivity contribution is 6.67. The summed E-state index contributed by atoms with van der Waals surface area (Å²) in [4.78, 5) is 42.0. The zero-order valence-electron chi connectivity index (χ0n) is 19.2. The van der Waals surface area contributed by atoms with Gasteiger partial charge in [-0.05, 0) is 31.2 Å². The molecular formula is C23H22Cl3N3O7.